The minimum atomic E-state index is -0.335. The molecule has 10 heteroatoms. The minimum absolute atomic E-state index is 0.107. The molecule has 0 aromatic carbocycles. The summed E-state index contributed by atoms with van der Waals surface area (Å²) < 4.78 is 5.96. The lowest BCUT2D eigenvalue weighted by Crippen LogP contribution is -2.32. The quantitative estimate of drug-likeness (QED) is 0.612. The van der Waals surface area contributed by atoms with Gasteiger partial charge in [-0.05, 0) is 13.3 Å². The number of nitro groups is 1. The predicted octanol–water partition coefficient (Wildman–Crippen LogP) is 1.77. The van der Waals surface area contributed by atoms with Crippen molar-refractivity contribution in [3.8, 4) is 0 Å². The van der Waals surface area contributed by atoms with Crippen LogP contribution in [-0.4, -0.2) is 50.2 Å². The van der Waals surface area contributed by atoms with Crippen molar-refractivity contribution in [1.29, 1.82) is 0 Å². The largest absolute Gasteiger partial charge is 0.349 e. The molecule has 0 unspecified atom stereocenters. The summed E-state index contributed by atoms with van der Waals surface area (Å²) in [5.74, 6) is 1.46. The average Bonchev–Trinajstić information content (AvgIpc) is 3.04. The van der Waals surface area contributed by atoms with Crippen molar-refractivity contribution < 1.29 is 4.92 Å². The summed E-state index contributed by atoms with van der Waals surface area (Å²) in [5, 5.41) is 16.6. The van der Waals surface area contributed by atoms with Crippen LogP contribution in [0.2, 0.25) is 0 Å². The van der Waals surface area contributed by atoms with Crippen molar-refractivity contribution in [3.63, 3.8) is 0 Å². The Morgan fingerprint density at radius 2 is 1.96 bits per heavy atom. The van der Waals surface area contributed by atoms with Crippen LogP contribution in [0.25, 0.3) is 0 Å². The predicted molar refractivity (Wildman–Crippen MR) is 92.9 cm³/mol. The number of aromatic nitrogens is 4. The van der Waals surface area contributed by atoms with Crippen LogP contribution in [0.3, 0.4) is 0 Å². The van der Waals surface area contributed by atoms with Crippen molar-refractivity contribution in [2.45, 2.75) is 26.7 Å². The van der Waals surface area contributed by atoms with E-state index < -0.39 is 0 Å². The molecule has 1 fully saturated rings. The standard InChI is InChI=1S/C14H21N7O2S/c1-4-11-15-14(24-17-11)20-7-5-6-19(8-9-20)13-12(21(22)23)10(2)16-18(13)3/h4-9H2,1-3H3. The fourth-order valence-corrected chi connectivity index (χ4v) is 3.84. The molecule has 0 amide bonds. The minimum Gasteiger partial charge on any atom is -0.349 e. The fraction of sp³-hybridized carbons (Fsp3) is 0.643. The zero-order chi connectivity index (χ0) is 17.3. The highest BCUT2D eigenvalue weighted by molar-refractivity contribution is 7.09. The summed E-state index contributed by atoms with van der Waals surface area (Å²) in [6.45, 7) is 6.81. The first kappa shape index (κ1) is 16.6. The summed E-state index contributed by atoms with van der Waals surface area (Å²) in [5.41, 5.74) is 0.561. The number of aryl methyl sites for hydroxylation is 3. The lowest BCUT2D eigenvalue weighted by molar-refractivity contribution is -0.384. The van der Waals surface area contributed by atoms with Crippen LogP contribution < -0.4 is 9.80 Å². The Morgan fingerprint density at radius 1 is 1.25 bits per heavy atom. The third-order valence-corrected chi connectivity index (χ3v) is 5.00. The maximum atomic E-state index is 11.4. The van der Waals surface area contributed by atoms with E-state index >= 15 is 0 Å². The lowest BCUT2D eigenvalue weighted by Gasteiger charge is -2.22. The molecule has 1 aliphatic rings. The van der Waals surface area contributed by atoms with Crippen molar-refractivity contribution in [3.05, 3.63) is 21.6 Å². The summed E-state index contributed by atoms with van der Waals surface area (Å²) in [6.07, 6.45) is 1.74. The van der Waals surface area contributed by atoms with Gasteiger partial charge in [-0.2, -0.15) is 9.47 Å². The van der Waals surface area contributed by atoms with Gasteiger partial charge >= 0.3 is 5.69 Å². The normalized spacial score (nSPS) is 15.6. The summed E-state index contributed by atoms with van der Waals surface area (Å²) in [6, 6.07) is 0. The van der Waals surface area contributed by atoms with Gasteiger partial charge in [0.25, 0.3) is 0 Å². The van der Waals surface area contributed by atoms with E-state index in [1.165, 1.54) is 11.5 Å². The molecular formula is C14H21N7O2S. The van der Waals surface area contributed by atoms with E-state index in [1.807, 2.05) is 6.92 Å². The molecule has 1 saturated heterocycles. The molecule has 0 bridgehead atoms. The highest BCUT2D eigenvalue weighted by atomic mass is 32.1. The number of rotatable bonds is 4. The molecule has 24 heavy (non-hydrogen) atoms. The van der Waals surface area contributed by atoms with Crippen LogP contribution >= 0.6 is 11.5 Å². The van der Waals surface area contributed by atoms with Crippen molar-refractivity contribution in [2.24, 2.45) is 7.05 Å². The van der Waals surface area contributed by atoms with E-state index in [2.05, 4.69) is 24.3 Å². The third kappa shape index (κ3) is 3.05. The third-order valence-electron chi connectivity index (χ3n) is 4.18. The molecule has 3 heterocycles. The van der Waals surface area contributed by atoms with E-state index in [0.717, 1.165) is 43.4 Å². The first-order chi connectivity index (χ1) is 11.5. The van der Waals surface area contributed by atoms with Crippen molar-refractivity contribution >= 4 is 28.2 Å². The van der Waals surface area contributed by atoms with Crippen LogP contribution in [0.1, 0.15) is 24.9 Å². The van der Waals surface area contributed by atoms with E-state index in [-0.39, 0.29) is 10.6 Å². The Kier molecular flexibility index (Phi) is 4.65. The van der Waals surface area contributed by atoms with Crippen LogP contribution in [0.5, 0.6) is 0 Å². The molecule has 0 atom stereocenters. The molecule has 130 valence electrons. The Morgan fingerprint density at radius 3 is 2.62 bits per heavy atom. The second-order valence-electron chi connectivity index (χ2n) is 5.81. The van der Waals surface area contributed by atoms with Crippen LogP contribution in [0.4, 0.5) is 16.6 Å². The van der Waals surface area contributed by atoms with E-state index in [9.17, 15) is 10.1 Å². The molecular weight excluding hydrogens is 330 g/mol. The van der Waals surface area contributed by atoms with Gasteiger partial charge in [0.1, 0.15) is 11.5 Å². The molecule has 0 N–H and O–H groups in total. The number of anilines is 2. The summed E-state index contributed by atoms with van der Waals surface area (Å²) >= 11 is 1.42. The smallest absolute Gasteiger partial charge is 0.333 e. The van der Waals surface area contributed by atoms with Crippen LogP contribution in [0.15, 0.2) is 0 Å². The molecule has 0 aliphatic carbocycles. The summed E-state index contributed by atoms with van der Waals surface area (Å²) in [4.78, 5) is 19.9. The lowest BCUT2D eigenvalue weighted by atomic mass is 10.3. The first-order valence-electron chi connectivity index (χ1n) is 8.01. The van der Waals surface area contributed by atoms with Crippen molar-refractivity contribution in [1.82, 2.24) is 19.1 Å². The van der Waals surface area contributed by atoms with Gasteiger partial charge in [-0.15, -0.1) is 0 Å². The Bertz CT molecular complexity index is 742. The topological polar surface area (TPSA) is 93.2 Å². The van der Waals surface area contributed by atoms with E-state index in [4.69, 9.17) is 0 Å². The fourth-order valence-electron chi connectivity index (χ4n) is 3.04. The Balaban J connectivity index is 1.80. The zero-order valence-corrected chi connectivity index (χ0v) is 14.9. The monoisotopic (exact) mass is 351 g/mol. The molecule has 0 radical (unpaired) electrons. The molecule has 9 nitrogen and oxygen atoms in total. The van der Waals surface area contributed by atoms with Gasteiger partial charge in [-0.1, -0.05) is 6.92 Å². The Hall–Kier alpha value is -2.23. The van der Waals surface area contributed by atoms with Gasteiger partial charge in [0.15, 0.2) is 0 Å². The van der Waals surface area contributed by atoms with Crippen molar-refractivity contribution in [2.75, 3.05) is 36.0 Å². The van der Waals surface area contributed by atoms with Crippen LogP contribution in [0, 0.1) is 17.0 Å². The molecule has 2 aromatic heterocycles. The molecule has 0 spiro atoms. The van der Waals surface area contributed by atoms with Gasteiger partial charge in [-0.25, -0.2) is 9.67 Å². The molecule has 3 rings (SSSR count). The number of hydrogen-bond acceptors (Lipinski definition) is 8. The van der Waals surface area contributed by atoms with Gasteiger partial charge in [0, 0.05) is 51.2 Å². The van der Waals surface area contributed by atoms with Gasteiger partial charge in [-0.3, -0.25) is 10.1 Å². The summed E-state index contributed by atoms with van der Waals surface area (Å²) in [7, 11) is 1.76. The molecule has 0 saturated carbocycles. The molecule has 1 aliphatic heterocycles. The zero-order valence-electron chi connectivity index (χ0n) is 14.1. The first-order valence-corrected chi connectivity index (χ1v) is 8.79. The van der Waals surface area contributed by atoms with Gasteiger partial charge in [0.2, 0.25) is 10.9 Å². The van der Waals surface area contributed by atoms with Crippen LogP contribution in [-0.2, 0) is 13.5 Å². The SMILES string of the molecule is CCc1nsc(N2CCCN(c3c([N+](=O)[O-])c(C)nn3C)CC2)n1. The van der Waals surface area contributed by atoms with Gasteiger partial charge in [0.05, 0.1) is 4.92 Å². The second kappa shape index (κ2) is 6.71. The maximum Gasteiger partial charge on any atom is 0.333 e. The van der Waals surface area contributed by atoms with E-state index in [0.29, 0.717) is 18.1 Å². The van der Waals surface area contributed by atoms with Gasteiger partial charge < -0.3 is 9.80 Å². The maximum absolute atomic E-state index is 11.4. The van der Waals surface area contributed by atoms with E-state index in [1.54, 1.807) is 18.7 Å². The molecule has 2 aromatic rings. The highest BCUT2D eigenvalue weighted by Crippen LogP contribution is 2.32. The highest BCUT2D eigenvalue weighted by Gasteiger charge is 2.30. The number of hydrogen-bond donors (Lipinski definition) is 0. The number of nitrogens with zero attached hydrogens (tertiary/aromatic N) is 7. The Labute approximate surface area is 144 Å². The average molecular weight is 351 g/mol. The second-order valence-corrected chi connectivity index (χ2v) is 6.54.